The zero-order valence-corrected chi connectivity index (χ0v) is 3.57. The summed E-state index contributed by atoms with van der Waals surface area (Å²) in [6, 6.07) is 0. The molecule has 0 atom stereocenters. The van der Waals surface area contributed by atoms with Crippen LogP contribution in [0.3, 0.4) is 0 Å². The topological polar surface area (TPSA) is 26.0 Å². The smallest absolute Gasteiger partial charge is 0.0775 e. The monoisotopic (exact) mass is 81.1 g/mol. The molecule has 0 saturated heterocycles. The molecule has 1 heteroatoms. The van der Waals surface area contributed by atoms with Crippen molar-refractivity contribution in [2.45, 2.75) is 18.4 Å². The summed E-state index contributed by atoms with van der Waals surface area (Å²) in [5.41, 5.74) is 5.23. The average Bonchev–Trinajstić information content (AvgIpc) is 2.22. The number of nitrogens with two attached hydrogens (primary N) is 1. The van der Waals surface area contributed by atoms with Crippen LogP contribution < -0.4 is 5.73 Å². The molecule has 0 aromatic heterocycles. The number of hydrogen-bond donors (Lipinski definition) is 1. The summed E-state index contributed by atoms with van der Waals surface area (Å²) in [6.45, 7) is 0. The van der Waals surface area contributed by atoms with E-state index in [4.69, 9.17) is 12.2 Å². The Morgan fingerprint density at radius 2 is 2.17 bits per heavy atom. The Morgan fingerprint density at radius 3 is 2.17 bits per heavy atom. The van der Waals surface area contributed by atoms with Crippen LogP contribution in [0.1, 0.15) is 12.8 Å². The standard InChI is InChI=1S/C5H7N/c1-2-5(6)3-4-5/h1H,3-4,6H2. The van der Waals surface area contributed by atoms with Gasteiger partial charge < -0.3 is 5.73 Å². The molecule has 0 bridgehead atoms. The van der Waals surface area contributed by atoms with Gasteiger partial charge >= 0.3 is 0 Å². The van der Waals surface area contributed by atoms with Crippen molar-refractivity contribution >= 4 is 0 Å². The molecule has 1 rings (SSSR count). The summed E-state index contributed by atoms with van der Waals surface area (Å²) in [6.07, 6.45) is 7.03. The van der Waals surface area contributed by atoms with Crippen molar-refractivity contribution in [3.8, 4) is 12.3 Å². The first kappa shape index (κ1) is 3.70. The van der Waals surface area contributed by atoms with Crippen LogP contribution in [-0.2, 0) is 0 Å². The number of hydrogen-bond acceptors (Lipinski definition) is 1. The fraction of sp³-hybridized carbons (Fsp3) is 0.600. The molecular weight excluding hydrogens is 74.1 g/mol. The highest BCUT2D eigenvalue weighted by atomic mass is 14.8. The molecule has 0 aromatic rings. The lowest BCUT2D eigenvalue weighted by Crippen LogP contribution is -2.17. The third-order valence-corrected chi connectivity index (χ3v) is 1.08. The van der Waals surface area contributed by atoms with Crippen molar-refractivity contribution in [3.05, 3.63) is 0 Å². The predicted molar refractivity (Wildman–Crippen MR) is 25.0 cm³/mol. The molecular formula is C5H7N. The molecule has 0 aromatic carbocycles. The van der Waals surface area contributed by atoms with E-state index in [1.54, 1.807) is 0 Å². The third-order valence-electron chi connectivity index (χ3n) is 1.08. The molecule has 6 heavy (non-hydrogen) atoms. The van der Waals surface area contributed by atoms with E-state index in [-0.39, 0.29) is 5.54 Å². The van der Waals surface area contributed by atoms with Crippen molar-refractivity contribution in [1.29, 1.82) is 0 Å². The van der Waals surface area contributed by atoms with Gasteiger partial charge in [-0.05, 0) is 12.8 Å². The van der Waals surface area contributed by atoms with Gasteiger partial charge in [0.05, 0.1) is 5.54 Å². The largest absolute Gasteiger partial charge is 0.315 e. The highest BCUT2D eigenvalue weighted by Crippen LogP contribution is 2.30. The maximum atomic E-state index is 5.41. The van der Waals surface area contributed by atoms with E-state index in [0.29, 0.717) is 0 Å². The molecule has 1 aliphatic carbocycles. The van der Waals surface area contributed by atoms with Crippen LogP contribution in [0.25, 0.3) is 0 Å². The van der Waals surface area contributed by atoms with Crippen LogP contribution in [0.2, 0.25) is 0 Å². The summed E-state index contributed by atoms with van der Waals surface area (Å²) in [5, 5.41) is 0. The molecule has 1 aliphatic rings. The first-order valence-electron chi connectivity index (χ1n) is 2.03. The van der Waals surface area contributed by atoms with Crippen molar-refractivity contribution in [1.82, 2.24) is 0 Å². The second-order valence-electron chi connectivity index (χ2n) is 1.80. The van der Waals surface area contributed by atoms with E-state index in [1.165, 1.54) is 0 Å². The van der Waals surface area contributed by atoms with Crippen molar-refractivity contribution in [2.75, 3.05) is 0 Å². The molecule has 0 spiro atoms. The molecule has 1 saturated carbocycles. The predicted octanol–water partition coefficient (Wildman–Crippen LogP) is 0.111. The average molecular weight is 81.1 g/mol. The molecule has 1 nitrogen and oxygen atoms in total. The second-order valence-corrected chi connectivity index (χ2v) is 1.80. The van der Waals surface area contributed by atoms with E-state index < -0.39 is 0 Å². The Kier molecular flexibility index (Phi) is 0.476. The molecule has 32 valence electrons. The van der Waals surface area contributed by atoms with Gasteiger partial charge in [-0.3, -0.25) is 0 Å². The highest BCUT2D eigenvalue weighted by molar-refractivity contribution is 5.20. The quantitative estimate of drug-likeness (QED) is 0.411. The van der Waals surface area contributed by atoms with Crippen LogP contribution in [-0.4, -0.2) is 5.54 Å². The van der Waals surface area contributed by atoms with Crippen molar-refractivity contribution < 1.29 is 0 Å². The SMILES string of the molecule is C#CC1(N)CC1. The minimum absolute atomic E-state index is 0.181. The molecule has 0 unspecified atom stereocenters. The zero-order valence-electron chi connectivity index (χ0n) is 3.57. The third kappa shape index (κ3) is 0.395. The summed E-state index contributed by atoms with van der Waals surface area (Å²) >= 11 is 0. The first-order chi connectivity index (χ1) is 2.77. The normalized spacial score (nSPS) is 25.3. The zero-order chi connectivity index (χ0) is 4.62. The summed E-state index contributed by atoms with van der Waals surface area (Å²) in [4.78, 5) is 0. The maximum absolute atomic E-state index is 5.41. The lowest BCUT2D eigenvalue weighted by atomic mass is 10.3. The van der Waals surface area contributed by atoms with Gasteiger partial charge in [-0.25, -0.2) is 0 Å². The minimum Gasteiger partial charge on any atom is -0.315 e. The van der Waals surface area contributed by atoms with Gasteiger partial charge in [0.25, 0.3) is 0 Å². The van der Waals surface area contributed by atoms with Gasteiger partial charge in [-0.1, -0.05) is 5.92 Å². The van der Waals surface area contributed by atoms with Crippen LogP contribution >= 0.6 is 0 Å². The lowest BCUT2D eigenvalue weighted by Gasteiger charge is -1.88. The van der Waals surface area contributed by atoms with Gasteiger partial charge in [-0.15, -0.1) is 6.42 Å². The van der Waals surface area contributed by atoms with E-state index in [0.717, 1.165) is 12.8 Å². The Labute approximate surface area is 37.5 Å². The van der Waals surface area contributed by atoms with Crippen LogP contribution in [0, 0.1) is 12.3 Å². The second kappa shape index (κ2) is 0.772. The molecule has 0 aliphatic heterocycles. The van der Waals surface area contributed by atoms with Gasteiger partial charge in [0.15, 0.2) is 0 Å². The molecule has 0 heterocycles. The van der Waals surface area contributed by atoms with Crippen LogP contribution in [0.5, 0.6) is 0 Å². The molecule has 0 amide bonds. The minimum atomic E-state index is -0.181. The molecule has 2 N–H and O–H groups in total. The van der Waals surface area contributed by atoms with E-state index in [2.05, 4.69) is 5.92 Å². The van der Waals surface area contributed by atoms with Crippen molar-refractivity contribution in [3.63, 3.8) is 0 Å². The summed E-state index contributed by atoms with van der Waals surface area (Å²) in [5.74, 6) is 2.49. The van der Waals surface area contributed by atoms with Gasteiger partial charge in [0.2, 0.25) is 0 Å². The fourth-order valence-electron chi connectivity index (χ4n) is 0.279. The number of rotatable bonds is 0. The summed E-state index contributed by atoms with van der Waals surface area (Å²) < 4.78 is 0. The Morgan fingerprint density at radius 1 is 1.67 bits per heavy atom. The highest BCUT2D eigenvalue weighted by Gasteiger charge is 2.35. The van der Waals surface area contributed by atoms with E-state index >= 15 is 0 Å². The maximum Gasteiger partial charge on any atom is 0.0775 e. The number of terminal acetylenes is 1. The van der Waals surface area contributed by atoms with Gasteiger partial charge in [0, 0.05) is 0 Å². The molecule has 1 fully saturated rings. The van der Waals surface area contributed by atoms with Crippen LogP contribution in [0.4, 0.5) is 0 Å². The Hall–Kier alpha value is -0.480. The van der Waals surface area contributed by atoms with Gasteiger partial charge in [-0.2, -0.15) is 0 Å². The van der Waals surface area contributed by atoms with Crippen LogP contribution in [0.15, 0.2) is 0 Å². The van der Waals surface area contributed by atoms with E-state index in [9.17, 15) is 0 Å². The first-order valence-corrected chi connectivity index (χ1v) is 2.03. The lowest BCUT2D eigenvalue weighted by molar-refractivity contribution is 0.891. The Bertz CT molecular complexity index is 95.0. The summed E-state index contributed by atoms with van der Waals surface area (Å²) in [7, 11) is 0. The van der Waals surface area contributed by atoms with Gasteiger partial charge in [0.1, 0.15) is 0 Å². The molecule has 0 radical (unpaired) electrons. The fourth-order valence-corrected chi connectivity index (χ4v) is 0.279. The van der Waals surface area contributed by atoms with Crippen molar-refractivity contribution in [2.24, 2.45) is 5.73 Å². The Balaban J connectivity index is 2.54. The van der Waals surface area contributed by atoms with E-state index in [1.807, 2.05) is 0 Å².